The van der Waals surface area contributed by atoms with E-state index < -0.39 is 0 Å². The Morgan fingerprint density at radius 2 is 1.64 bits per heavy atom. The third kappa shape index (κ3) is 3.59. The second-order valence-corrected chi connectivity index (χ2v) is 8.05. The number of ether oxygens (including phenoxy) is 4. The maximum Gasteiger partial charge on any atom is 0.231 e. The number of nitrogens with zero attached hydrogens (tertiary/aromatic N) is 4. The number of anilines is 3. The van der Waals surface area contributed by atoms with Gasteiger partial charge in [-0.3, -0.25) is 0 Å². The Bertz CT molecular complexity index is 1350. The van der Waals surface area contributed by atoms with E-state index in [4.69, 9.17) is 28.9 Å². The molecule has 0 saturated heterocycles. The maximum atomic E-state index is 5.50. The Morgan fingerprint density at radius 3 is 2.42 bits per heavy atom. The van der Waals surface area contributed by atoms with Gasteiger partial charge in [0.05, 0.1) is 6.33 Å². The van der Waals surface area contributed by atoms with E-state index in [1.54, 1.807) is 6.33 Å². The number of hydrogen-bond acceptors (Lipinski definition) is 9. The molecule has 0 atom stereocenters. The van der Waals surface area contributed by atoms with Crippen LogP contribution in [0, 0.1) is 0 Å². The molecule has 6 rings (SSSR count). The minimum atomic E-state index is 0.199. The molecule has 168 valence electrons. The van der Waals surface area contributed by atoms with Gasteiger partial charge in [0.15, 0.2) is 40.0 Å². The molecule has 0 spiro atoms. The van der Waals surface area contributed by atoms with Crippen LogP contribution in [0.2, 0.25) is 0 Å². The van der Waals surface area contributed by atoms with Crippen LogP contribution in [0.5, 0.6) is 23.0 Å². The summed E-state index contributed by atoms with van der Waals surface area (Å²) in [5.41, 5.74) is 3.29. The molecule has 0 saturated carbocycles. The van der Waals surface area contributed by atoms with Crippen molar-refractivity contribution in [3.05, 3.63) is 48.3 Å². The lowest BCUT2D eigenvalue weighted by Crippen LogP contribution is -2.08. The lowest BCUT2D eigenvalue weighted by molar-refractivity contribution is 0.173. The van der Waals surface area contributed by atoms with Gasteiger partial charge in [-0.05, 0) is 43.7 Å². The number of benzene rings is 2. The molecule has 4 aromatic rings. The topological polar surface area (TPSA) is 105 Å². The summed E-state index contributed by atoms with van der Waals surface area (Å²) in [4.78, 5) is 14.0. The van der Waals surface area contributed by atoms with Gasteiger partial charge in [-0.15, -0.1) is 0 Å². The molecule has 0 unspecified atom stereocenters. The molecule has 0 bridgehead atoms. The number of fused-ring (bicyclic) bond motifs is 3. The first-order valence-corrected chi connectivity index (χ1v) is 10.7. The predicted molar refractivity (Wildman–Crippen MR) is 121 cm³/mol. The molecule has 0 radical (unpaired) electrons. The summed E-state index contributed by atoms with van der Waals surface area (Å²) in [5, 5.41) is 6.69. The highest BCUT2D eigenvalue weighted by molar-refractivity contribution is 5.87. The molecular formula is C23H22N6O4. The Hall–Kier alpha value is -4.21. The molecule has 0 amide bonds. The van der Waals surface area contributed by atoms with E-state index >= 15 is 0 Å². The minimum absolute atomic E-state index is 0.199. The van der Waals surface area contributed by atoms with Crippen molar-refractivity contribution in [1.82, 2.24) is 19.5 Å². The highest BCUT2D eigenvalue weighted by atomic mass is 16.7. The van der Waals surface area contributed by atoms with Gasteiger partial charge in [-0.2, -0.15) is 9.97 Å². The Balaban J connectivity index is 1.32. The van der Waals surface area contributed by atoms with Gasteiger partial charge in [0.25, 0.3) is 0 Å². The van der Waals surface area contributed by atoms with Gasteiger partial charge in [0.2, 0.25) is 19.5 Å². The van der Waals surface area contributed by atoms with Crippen LogP contribution in [0.1, 0.15) is 25.5 Å². The fraction of sp³-hybridized carbons (Fsp3) is 0.261. The zero-order valence-corrected chi connectivity index (χ0v) is 18.2. The van der Waals surface area contributed by atoms with Crippen LogP contribution in [0.25, 0.3) is 11.2 Å². The highest BCUT2D eigenvalue weighted by Crippen LogP contribution is 2.36. The number of imidazole rings is 1. The van der Waals surface area contributed by atoms with Crippen LogP contribution >= 0.6 is 0 Å². The van der Waals surface area contributed by atoms with E-state index in [1.165, 1.54) is 0 Å². The van der Waals surface area contributed by atoms with E-state index in [0.29, 0.717) is 29.6 Å². The van der Waals surface area contributed by atoms with E-state index in [0.717, 1.165) is 34.1 Å². The smallest absolute Gasteiger partial charge is 0.231 e. The monoisotopic (exact) mass is 446 g/mol. The van der Waals surface area contributed by atoms with Crippen molar-refractivity contribution in [3.63, 3.8) is 0 Å². The van der Waals surface area contributed by atoms with Crippen molar-refractivity contribution < 1.29 is 18.9 Å². The van der Waals surface area contributed by atoms with Gasteiger partial charge in [-0.1, -0.05) is 6.07 Å². The summed E-state index contributed by atoms with van der Waals surface area (Å²) in [7, 11) is 0. The van der Waals surface area contributed by atoms with Crippen LogP contribution < -0.4 is 29.6 Å². The molecule has 2 aromatic heterocycles. The third-order valence-electron chi connectivity index (χ3n) is 5.50. The lowest BCUT2D eigenvalue weighted by Gasteiger charge is -2.12. The van der Waals surface area contributed by atoms with Gasteiger partial charge >= 0.3 is 0 Å². The molecule has 0 aliphatic carbocycles. The van der Waals surface area contributed by atoms with Crippen molar-refractivity contribution in [1.29, 1.82) is 0 Å². The second-order valence-electron chi connectivity index (χ2n) is 8.05. The van der Waals surface area contributed by atoms with Crippen LogP contribution in [0.3, 0.4) is 0 Å². The Morgan fingerprint density at radius 1 is 0.909 bits per heavy atom. The number of aromatic nitrogens is 4. The van der Waals surface area contributed by atoms with Crippen molar-refractivity contribution in [2.75, 3.05) is 24.2 Å². The first-order chi connectivity index (χ1) is 16.1. The molecule has 0 fully saturated rings. The van der Waals surface area contributed by atoms with E-state index in [-0.39, 0.29) is 19.6 Å². The highest BCUT2D eigenvalue weighted by Gasteiger charge is 2.18. The van der Waals surface area contributed by atoms with Crippen molar-refractivity contribution >= 4 is 28.6 Å². The molecule has 2 N–H and O–H groups in total. The first-order valence-electron chi connectivity index (χ1n) is 10.7. The summed E-state index contributed by atoms with van der Waals surface area (Å²) in [6.07, 6.45) is 1.79. The van der Waals surface area contributed by atoms with Gasteiger partial charge < -0.3 is 34.1 Å². The molecule has 10 nitrogen and oxygen atoms in total. The van der Waals surface area contributed by atoms with Crippen LogP contribution in [0.15, 0.2) is 42.7 Å². The van der Waals surface area contributed by atoms with E-state index in [1.807, 2.05) is 41.0 Å². The molecule has 2 aliphatic heterocycles. The number of hydrogen-bond donors (Lipinski definition) is 2. The zero-order chi connectivity index (χ0) is 22.4. The van der Waals surface area contributed by atoms with Gasteiger partial charge in [-0.25, -0.2) is 4.98 Å². The SMILES string of the molecule is CC(C)n1cnc2c(Nc3ccc4c(c3)OCO4)nc(NCc3ccc4c(c3)OCO4)nc21. The predicted octanol–water partition coefficient (Wildman–Crippen LogP) is 4.22. The van der Waals surface area contributed by atoms with Gasteiger partial charge in [0.1, 0.15) is 0 Å². The largest absolute Gasteiger partial charge is 0.454 e. The average molecular weight is 446 g/mol. The van der Waals surface area contributed by atoms with Crippen molar-refractivity contribution in [2.45, 2.75) is 26.4 Å². The zero-order valence-electron chi connectivity index (χ0n) is 18.2. The summed E-state index contributed by atoms with van der Waals surface area (Å²) in [5.74, 6) is 4.01. The summed E-state index contributed by atoms with van der Waals surface area (Å²) < 4.78 is 23.8. The second kappa shape index (κ2) is 7.73. The molecule has 4 heterocycles. The number of rotatable bonds is 6. The lowest BCUT2D eigenvalue weighted by atomic mass is 10.2. The Kier molecular flexibility index (Phi) is 4.56. The fourth-order valence-electron chi connectivity index (χ4n) is 3.80. The van der Waals surface area contributed by atoms with Crippen LogP contribution in [-0.2, 0) is 6.54 Å². The first kappa shape index (κ1) is 19.5. The molecular weight excluding hydrogens is 424 g/mol. The van der Waals surface area contributed by atoms with Crippen molar-refractivity contribution in [2.24, 2.45) is 0 Å². The van der Waals surface area contributed by atoms with Crippen LogP contribution in [-0.4, -0.2) is 33.1 Å². The molecule has 2 aromatic carbocycles. The normalized spacial score (nSPS) is 13.7. The molecule has 33 heavy (non-hydrogen) atoms. The van der Waals surface area contributed by atoms with Crippen LogP contribution in [0.4, 0.5) is 17.5 Å². The minimum Gasteiger partial charge on any atom is -0.454 e. The summed E-state index contributed by atoms with van der Waals surface area (Å²) in [6.45, 7) is 5.19. The standard InChI is InChI=1S/C23H22N6O4/c1-13(2)29-10-25-20-21(26-15-4-6-17-19(8-15)33-12-31-17)27-23(28-22(20)29)24-9-14-3-5-16-18(7-14)32-11-30-16/h3-8,10,13H,9,11-12H2,1-2H3,(H2,24,26,27,28). The number of nitrogens with one attached hydrogen (secondary N) is 2. The molecule has 2 aliphatic rings. The average Bonchev–Trinajstić information content (AvgIpc) is 3.55. The molecule has 10 heteroatoms. The van der Waals surface area contributed by atoms with E-state index in [9.17, 15) is 0 Å². The van der Waals surface area contributed by atoms with Gasteiger partial charge in [0, 0.05) is 24.3 Å². The fourth-order valence-corrected chi connectivity index (χ4v) is 3.80. The third-order valence-corrected chi connectivity index (χ3v) is 5.50. The quantitative estimate of drug-likeness (QED) is 0.450. The Labute approximate surface area is 189 Å². The maximum absolute atomic E-state index is 5.50. The summed E-state index contributed by atoms with van der Waals surface area (Å²) in [6, 6.07) is 11.7. The van der Waals surface area contributed by atoms with Crippen molar-refractivity contribution in [3.8, 4) is 23.0 Å². The summed E-state index contributed by atoms with van der Waals surface area (Å²) >= 11 is 0. The van der Waals surface area contributed by atoms with E-state index in [2.05, 4.69) is 29.5 Å².